The third kappa shape index (κ3) is 2.47. The first-order valence-electron chi connectivity index (χ1n) is 7.76. The largest absolute Gasteiger partial charge is 0.497 e. The van der Waals surface area contributed by atoms with Crippen molar-refractivity contribution in [3.05, 3.63) is 46.2 Å². The molecule has 0 saturated heterocycles. The number of fused-ring (bicyclic) bond motifs is 5. The van der Waals surface area contributed by atoms with Crippen LogP contribution in [0, 0.1) is 0 Å². The SMILES string of the molecule is CCOC(=O)c1ncn2c1CC1=C(Br)NNN1c1cc(OC)ccc1-2. The summed E-state index contributed by atoms with van der Waals surface area (Å²) in [6.07, 6.45) is 2.14. The number of methoxy groups -OCH3 is 1. The molecule has 0 saturated carbocycles. The van der Waals surface area contributed by atoms with E-state index >= 15 is 0 Å². The van der Waals surface area contributed by atoms with Gasteiger partial charge < -0.3 is 9.47 Å². The summed E-state index contributed by atoms with van der Waals surface area (Å²) in [5, 5.41) is 1.92. The Kier molecular flexibility index (Phi) is 3.89. The predicted octanol–water partition coefficient (Wildman–Crippen LogP) is 2.01. The quantitative estimate of drug-likeness (QED) is 0.596. The zero-order valence-electron chi connectivity index (χ0n) is 13.7. The van der Waals surface area contributed by atoms with Crippen LogP contribution in [0.1, 0.15) is 23.1 Å². The fraction of sp³-hybridized carbons (Fsp3) is 0.250. The maximum Gasteiger partial charge on any atom is 0.358 e. The van der Waals surface area contributed by atoms with Crippen molar-refractivity contribution in [1.82, 2.24) is 20.5 Å². The number of imidazole rings is 1. The molecule has 2 aliphatic heterocycles. The maximum absolute atomic E-state index is 12.3. The number of rotatable bonds is 3. The fourth-order valence-corrected chi connectivity index (χ4v) is 3.40. The number of ether oxygens (including phenoxy) is 2. The van der Waals surface area contributed by atoms with Crippen molar-refractivity contribution in [1.29, 1.82) is 0 Å². The second-order valence-electron chi connectivity index (χ2n) is 5.49. The van der Waals surface area contributed by atoms with Crippen molar-refractivity contribution in [2.75, 3.05) is 18.7 Å². The van der Waals surface area contributed by atoms with Gasteiger partial charge in [0.25, 0.3) is 0 Å². The number of nitrogens with zero attached hydrogens (tertiary/aromatic N) is 3. The first-order chi connectivity index (χ1) is 12.1. The molecule has 3 heterocycles. The van der Waals surface area contributed by atoms with Crippen molar-refractivity contribution in [2.24, 2.45) is 0 Å². The second-order valence-corrected chi connectivity index (χ2v) is 6.29. The van der Waals surface area contributed by atoms with Gasteiger partial charge in [-0.2, -0.15) is 0 Å². The van der Waals surface area contributed by atoms with E-state index in [2.05, 4.69) is 31.9 Å². The smallest absolute Gasteiger partial charge is 0.358 e. The summed E-state index contributed by atoms with van der Waals surface area (Å²) in [5.41, 5.74) is 9.94. The molecule has 0 unspecified atom stereocenters. The lowest BCUT2D eigenvalue weighted by Gasteiger charge is -2.21. The number of carbonyl (C=O) groups is 1. The van der Waals surface area contributed by atoms with Gasteiger partial charge in [-0.15, -0.1) is 5.53 Å². The number of aromatic nitrogens is 2. The van der Waals surface area contributed by atoms with Crippen molar-refractivity contribution in [2.45, 2.75) is 13.3 Å². The van der Waals surface area contributed by atoms with Gasteiger partial charge >= 0.3 is 5.97 Å². The first kappa shape index (κ1) is 16.0. The summed E-state index contributed by atoms with van der Waals surface area (Å²) in [4.78, 5) is 16.6. The third-order valence-corrected chi connectivity index (χ3v) is 4.81. The molecule has 0 aliphatic carbocycles. The molecular weight excluding hydrogens is 390 g/mol. The highest BCUT2D eigenvalue weighted by Gasteiger charge is 2.33. The molecule has 0 radical (unpaired) electrons. The van der Waals surface area contributed by atoms with Gasteiger partial charge in [-0.05, 0) is 35.0 Å². The molecule has 2 aromatic rings. The molecule has 0 spiro atoms. The topological polar surface area (TPSA) is 80.6 Å². The Morgan fingerprint density at radius 2 is 2.24 bits per heavy atom. The number of halogens is 1. The van der Waals surface area contributed by atoms with Gasteiger partial charge in [0.1, 0.15) is 16.7 Å². The number of benzene rings is 1. The number of hydrogen-bond acceptors (Lipinski definition) is 7. The fourth-order valence-electron chi connectivity index (χ4n) is 3.00. The van der Waals surface area contributed by atoms with E-state index in [1.165, 1.54) is 0 Å². The summed E-state index contributed by atoms with van der Waals surface area (Å²) in [5.74, 6) is 0.313. The Morgan fingerprint density at radius 1 is 1.40 bits per heavy atom. The van der Waals surface area contributed by atoms with E-state index < -0.39 is 5.97 Å². The molecule has 0 atom stereocenters. The normalized spacial score (nSPS) is 15.1. The highest BCUT2D eigenvalue weighted by Crippen LogP contribution is 2.38. The Bertz CT molecular complexity index is 892. The summed E-state index contributed by atoms with van der Waals surface area (Å²) < 4.78 is 13.2. The van der Waals surface area contributed by atoms with Crippen molar-refractivity contribution in [3.8, 4) is 11.4 Å². The summed E-state index contributed by atoms with van der Waals surface area (Å²) in [6.45, 7) is 2.08. The Labute approximate surface area is 152 Å². The molecule has 1 aromatic carbocycles. The Morgan fingerprint density at radius 3 is 3.00 bits per heavy atom. The third-order valence-electron chi connectivity index (χ3n) is 4.15. The van der Waals surface area contributed by atoms with Crippen LogP contribution in [0.3, 0.4) is 0 Å². The molecule has 2 N–H and O–H groups in total. The molecule has 2 aliphatic rings. The standard InChI is InChI=1S/C16H16BrN5O3/c1-3-25-16(23)14-12-7-13-15(17)19-20-22(13)11-6-9(24-2)4-5-10(11)21(12)8-18-14/h4-6,8,19-20H,3,7H2,1-2H3. The van der Waals surface area contributed by atoms with Crippen LogP contribution in [0.4, 0.5) is 5.69 Å². The highest BCUT2D eigenvalue weighted by molar-refractivity contribution is 9.11. The van der Waals surface area contributed by atoms with Crippen LogP contribution in [0.25, 0.3) is 5.69 Å². The van der Waals surface area contributed by atoms with E-state index in [9.17, 15) is 4.79 Å². The van der Waals surface area contributed by atoms with Crippen molar-refractivity contribution in [3.63, 3.8) is 0 Å². The van der Waals surface area contributed by atoms with Crippen LogP contribution in [0.2, 0.25) is 0 Å². The van der Waals surface area contributed by atoms with Crippen LogP contribution in [0.5, 0.6) is 5.75 Å². The molecule has 8 nitrogen and oxygen atoms in total. The lowest BCUT2D eigenvalue weighted by Crippen LogP contribution is -2.38. The predicted molar refractivity (Wildman–Crippen MR) is 94.5 cm³/mol. The highest BCUT2D eigenvalue weighted by atomic mass is 79.9. The number of hydrogen-bond donors (Lipinski definition) is 2. The summed E-state index contributed by atoms with van der Waals surface area (Å²) in [7, 11) is 1.63. The van der Waals surface area contributed by atoms with E-state index in [-0.39, 0.29) is 0 Å². The van der Waals surface area contributed by atoms with Gasteiger partial charge in [0.05, 0.1) is 36.5 Å². The molecule has 1 aromatic heterocycles. The van der Waals surface area contributed by atoms with E-state index in [1.807, 2.05) is 27.8 Å². The molecule has 0 fully saturated rings. The van der Waals surface area contributed by atoms with Gasteiger partial charge in [0.15, 0.2) is 5.69 Å². The van der Waals surface area contributed by atoms with Crippen molar-refractivity contribution < 1.29 is 14.3 Å². The number of nitrogens with one attached hydrogen (secondary N) is 2. The molecule has 0 bridgehead atoms. The van der Waals surface area contributed by atoms with Gasteiger partial charge in [-0.1, -0.05) is 0 Å². The number of anilines is 1. The van der Waals surface area contributed by atoms with E-state index in [4.69, 9.17) is 9.47 Å². The number of carbonyl (C=O) groups excluding carboxylic acids is 1. The van der Waals surface area contributed by atoms with Gasteiger partial charge in [0, 0.05) is 12.5 Å². The zero-order valence-corrected chi connectivity index (χ0v) is 15.3. The average Bonchev–Trinajstić information content (AvgIpc) is 3.16. The molecule has 130 valence electrons. The van der Waals surface area contributed by atoms with Crippen LogP contribution < -0.4 is 20.7 Å². The van der Waals surface area contributed by atoms with E-state index in [0.717, 1.165) is 33.1 Å². The Hall–Kier alpha value is -2.52. The van der Waals surface area contributed by atoms with E-state index in [1.54, 1.807) is 20.4 Å². The first-order valence-corrected chi connectivity index (χ1v) is 8.55. The number of hydrazine groups is 2. The Balaban J connectivity index is 1.93. The summed E-state index contributed by atoms with van der Waals surface area (Å²) in [6, 6.07) is 5.74. The minimum atomic E-state index is -0.421. The molecule has 9 heteroatoms. The van der Waals surface area contributed by atoms with Crippen LogP contribution in [-0.2, 0) is 11.2 Å². The zero-order chi connectivity index (χ0) is 17.6. The average molecular weight is 406 g/mol. The van der Waals surface area contributed by atoms with Gasteiger partial charge in [-0.25, -0.2) is 9.78 Å². The minimum absolute atomic E-state index is 0.306. The molecule has 25 heavy (non-hydrogen) atoms. The maximum atomic E-state index is 12.3. The van der Waals surface area contributed by atoms with Crippen LogP contribution >= 0.6 is 15.9 Å². The van der Waals surface area contributed by atoms with E-state index in [0.29, 0.717) is 18.7 Å². The monoisotopic (exact) mass is 405 g/mol. The number of allylic oxidation sites excluding steroid dienone is 1. The van der Waals surface area contributed by atoms with Gasteiger partial charge in [-0.3, -0.25) is 15.0 Å². The molecular formula is C16H16BrN5O3. The van der Waals surface area contributed by atoms with Crippen LogP contribution in [-0.4, -0.2) is 29.2 Å². The van der Waals surface area contributed by atoms with Crippen LogP contribution in [0.15, 0.2) is 34.8 Å². The molecule has 4 rings (SSSR count). The minimum Gasteiger partial charge on any atom is -0.497 e. The summed E-state index contributed by atoms with van der Waals surface area (Å²) >= 11 is 3.52. The van der Waals surface area contributed by atoms with Crippen molar-refractivity contribution >= 4 is 27.6 Å². The van der Waals surface area contributed by atoms with Gasteiger partial charge in [0.2, 0.25) is 0 Å². The number of esters is 1. The molecule has 0 amide bonds. The second kappa shape index (κ2) is 6.08. The lowest BCUT2D eigenvalue weighted by atomic mass is 10.2. The lowest BCUT2D eigenvalue weighted by molar-refractivity contribution is 0.0519.